The van der Waals surface area contributed by atoms with Gasteiger partial charge >= 0.3 is 0 Å². The van der Waals surface area contributed by atoms with Gasteiger partial charge in [0.15, 0.2) is 0 Å². The van der Waals surface area contributed by atoms with Gasteiger partial charge in [-0.15, -0.1) is 0 Å². The fourth-order valence-corrected chi connectivity index (χ4v) is 3.95. The summed E-state index contributed by atoms with van der Waals surface area (Å²) in [4.78, 5) is 29.8. The van der Waals surface area contributed by atoms with Crippen LogP contribution in [0.3, 0.4) is 0 Å². The molecule has 2 aliphatic heterocycles. The predicted octanol–water partition coefficient (Wildman–Crippen LogP) is 2.48. The first kappa shape index (κ1) is 19.2. The average Bonchev–Trinajstić information content (AvgIpc) is 3.01. The summed E-state index contributed by atoms with van der Waals surface area (Å²) < 4.78 is 10.3. The normalized spacial score (nSPS) is 16.5. The first-order chi connectivity index (χ1) is 14.1. The van der Waals surface area contributed by atoms with Crippen molar-refractivity contribution in [2.45, 2.75) is 13.0 Å². The van der Waals surface area contributed by atoms with Gasteiger partial charge in [0.1, 0.15) is 11.4 Å². The quantitative estimate of drug-likeness (QED) is 0.707. The van der Waals surface area contributed by atoms with Gasteiger partial charge in [-0.2, -0.15) is 0 Å². The molecule has 2 aliphatic rings. The van der Waals surface area contributed by atoms with Crippen molar-refractivity contribution in [3.63, 3.8) is 0 Å². The lowest BCUT2D eigenvalue weighted by molar-refractivity contribution is -0.138. The van der Waals surface area contributed by atoms with Crippen molar-refractivity contribution in [3.05, 3.63) is 70.9 Å². The van der Waals surface area contributed by atoms with E-state index in [0.717, 1.165) is 12.0 Å². The number of nitrogens with zero attached hydrogens (tertiary/aromatic N) is 2. The first-order valence-electron chi connectivity index (χ1n) is 9.69. The second-order valence-electron chi connectivity index (χ2n) is 7.15. The van der Waals surface area contributed by atoms with E-state index in [2.05, 4.69) is 12.1 Å². The molecule has 0 aromatic heterocycles. The summed E-state index contributed by atoms with van der Waals surface area (Å²) in [6.45, 7) is 1.86. The molecule has 0 spiro atoms. The van der Waals surface area contributed by atoms with Crippen molar-refractivity contribution in [1.82, 2.24) is 9.80 Å². The van der Waals surface area contributed by atoms with E-state index in [1.165, 1.54) is 16.0 Å². The number of hydrogen-bond acceptors (Lipinski definition) is 5. The number of carbonyl (C=O) groups is 2. The van der Waals surface area contributed by atoms with Crippen molar-refractivity contribution in [1.29, 1.82) is 0 Å². The van der Waals surface area contributed by atoms with E-state index in [9.17, 15) is 9.59 Å². The number of amides is 2. The number of imide groups is 1. The number of fused-ring (bicyclic) bond motifs is 1. The fourth-order valence-electron chi connectivity index (χ4n) is 3.95. The molecule has 0 saturated heterocycles. The zero-order chi connectivity index (χ0) is 20.4. The molecule has 0 fully saturated rings. The monoisotopic (exact) mass is 392 g/mol. The maximum atomic E-state index is 13.3. The number of carbonyl (C=O) groups excluding carboxylic acids is 2. The molecule has 2 aromatic carbocycles. The third-order valence-electron chi connectivity index (χ3n) is 5.49. The maximum Gasteiger partial charge on any atom is 0.277 e. The lowest BCUT2D eigenvalue weighted by atomic mass is 9.98. The molecular formula is C23H24N2O4. The van der Waals surface area contributed by atoms with Gasteiger partial charge in [0.2, 0.25) is 0 Å². The summed E-state index contributed by atoms with van der Waals surface area (Å²) in [5.74, 6) is 0.180. The molecule has 2 amide bonds. The summed E-state index contributed by atoms with van der Waals surface area (Å²) in [6, 6.07) is 15.5. The standard InChI is InChI=1S/C23H24N2O4/c1-28-14-13-25-22(26)20(17-7-9-19(29-2)10-8-17)21(23(25)27)24-12-11-16-5-3-4-6-18(16)15-24/h3-10H,11-15H2,1-2H3. The number of rotatable bonds is 6. The van der Waals surface area contributed by atoms with Crippen molar-refractivity contribution in [3.8, 4) is 5.75 Å². The molecule has 2 heterocycles. The lowest BCUT2D eigenvalue weighted by Gasteiger charge is -2.31. The molecule has 29 heavy (non-hydrogen) atoms. The van der Waals surface area contributed by atoms with Gasteiger partial charge in [0.05, 0.1) is 25.8 Å². The van der Waals surface area contributed by atoms with Gasteiger partial charge in [-0.1, -0.05) is 36.4 Å². The molecule has 0 radical (unpaired) electrons. The lowest BCUT2D eigenvalue weighted by Crippen LogP contribution is -2.38. The van der Waals surface area contributed by atoms with Gasteiger partial charge in [0, 0.05) is 20.2 Å². The molecule has 0 bridgehead atoms. The van der Waals surface area contributed by atoms with Gasteiger partial charge in [-0.3, -0.25) is 14.5 Å². The van der Waals surface area contributed by atoms with Crippen LogP contribution in [0, 0.1) is 0 Å². The Balaban J connectivity index is 1.75. The van der Waals surface area contributed by atoms with Crippen molar-refractivity contribution >= 4 is 17.4 Å². The Morgan fingerprint density at radius 1 is 0.931 bits per heavy atom. The molecule has 0 aliphatic carbocycles. The van der Waals surface area contributed by atoms with Crippen molar-refractivity contribution in [2.24, 2.45) is 0 Å². The summed E-state index contributed by atoms with van der Waals surface area (Å²) >= 11 is 0. The molecule has 0 N–H and O–H groups in total. The third-order valence-corrected chi connectivity index (χ3v) is 5.49. The molecule has 150 valence electrons. The Hall–Kier alpha value is -3.12. The minimum absolute atomic E-state index is 0.238. The highest BCUT2D eigenvalue weighted by Crippen LogP contribution is 2.34. The number of ether oxygens (including phenoxy) is 2. The van der Waals surface area contributed by atoms with Crippen LogP contribution in [0.4, 0.5) is 0 Å². The molecule has 2 aromatic rings. The highest BCUT2D eigenvalue weighted by atomic mass is 16.5. The molecule has 0 unspecified atom stereocenters. The van der Waals surface area contributed by atoms with E-state index in [4.69, 9.17) is 9.47 Å². The molecule has 0 saturated carbocycles. The second kappa shape index (κ2) is 8.09. The number of benzene rings is 2. The summed E-state index contributed by atoms with van der Waals surface area (Å²) in [7, 11) is 3.16. The van der Waals surface area contributed by atoms with Gasteiger partial charge in [0.25, 0.3) is 11.8 Å². The Morgan fingerprint density at radius 3 is 2.34 bits per heavy atom. The topological polar surface area (TPSA) is 59.1 Å². The maximum absolute atomic E-state index is 13.3. The molecule has 6 heteroatoms. The van der Waals surface area contributed by atoms with E-state index >= 15 is 0 Å². The highest BCUT2D eigenvalue weighted by molar-refractivity contribution is 6.35. The van der Waals surface area contributed by atoms with Gasteiger partial charge in [-0.05, 0) is 35.2 Å². The number of methoxy groups -OCH3 is 2. The summed E-state index contributed by atoms with van der Waals surface area (Å²) in [5.41, 5.74) is 4.14. The summed E-state index contributed by atoms with van der Waals surface area (Å²) in [5, 5.41) is 0. The van der Waals surface area contributed by atoms with Crippen molar-refractivity contribution < 1.29 is 19.1 Å². The van der Waals surface area contributed by atoms with E-state index in [-0.39, 0.29) is 18.4 Å². The second-order valence-corrected chi connectivity index (χ2v) is 7.15. The van der Waals surface area contributed by atoms with Crippen LogP contribution >= 0.6 is 0 Å². The van der Waals surface area contributed by atoms with Crippen molar-refractivity contribution in [2.75, 3.05) is 33.9 Å². The predicted molar refractivity (Wildman–Crippen MR) is 109 cm³/mol. The zero-order valence-corrected chi connectivity index (χ0v) is 16.7. The Labute approximate surface area is 170 Å². The molecule has 4 rings (SSSR count). The number of hydrogen-bond donors (Lipinski definition) is 0. The summed E-state index contributed by atoms with van der Waals surface area (Å²) in [6.07, 6.45) is 0.842. The minimum atomic E-state index is -0.272. The van der Waals surface area contributed by atoms with Crippen LogP contribution in [0.15, 0.2) is 54.2 Å². The van der Waals surface area contributed by atoms with Crippen LogP contribution < -0.4 is 4.74 Å². The van der Waals surface area contributed by atoms with Crippen LogP contribution in [0.5, 0.6) is 5.75 Å². The highest BCUT2D eigenvalue weighted by Gasteiger charge is 2.41. The average molecular weight is 392 g/mol. The van der Waals surface area contributed by atoms with Gasteiger partial charge in [-0.25, -0.2) is 0 Å². The molecular weight excluding hydrogens is 368 g/mol. The van der Waals surface area contributed by atoms with E-state index < -0.39 is 0 Å². The minimum Gasteiger partial charge on any atom is -0.497 e. The molecule has 0 atom stereocenters. The Bertz CT molecular complexity index is 965. The van der Waals surface area contributed by atoms with Gasteiger partial charge < -0.3 is 14.4 Å². The molecule has 6 nitrogen and oxygen atoms in total. The SMILES string of the molecule is COCCN1C(=O)C(c2ccc(OC)cc2)=C(N2CCc3ccccc3C2)C1=O. The first-order valence-corrected chi connectivity index (χ1v) is 9.69. The van der Waals surface area contributed by atoms with Crippen LogP contribution in [-0.4, -0.2) is 55.5 Å². The third kappa shape index (κ3) is 3.51. The van der Waals surface area contributed by atoms with Crippen LogP contribution in [-0.2, 0) is 27.3 Å². The zero-order valence-electron chi connectivity index (χ0n) is 16.7. The smallest absolute Gasteiger partial charge is 0.277 e. The van der Waals surface area contributed by atoms with E-state index in [0.29, 0.717) is 36.7 Å². The van der Waals surface area contributed by atoms with E-state index in [1.807, 2.05) is 29.2 Å². The van der Waals surface area contributed by atoms with Crippen LogP contribution in [0.2, 0.25) is 0 Å². The fraction of sp³-hybridized carbons (Fsp3) is 0.304. The Kier molecular flexibility index (Phi) is 5.36. The van der Waals surface area contributed by atoms with Crippen LogP contribution in [0.25, 0.3) is 5.57 Å². The Morgan fingerprint density at radius 2 is 1.66 bits per heavy atom. The van der Waals surface area contributed by atoms with E-state index in [1.54, 1.807) is 26.4 Å². The largest absolute Gasteiger partial charge is 0.497 e. The van der Waals surface area contributed by atoms with Crippen LogP contribution in [0.1, 0.15) is 16.7 Å².